The maximum atomic E-state index is 12.8. The monoisotopic (exact) mass is 443 g/mol. The van der Waals surface area contributed by atoms with E-state index in [1.807, 2.05) is 4.90 Å². The van der Waals surface area contributed by atoms with Crippen LogP contribution in [0.4, 0.5) is 18.9 Å². The van der Waals surface area contributed by atoms with Crippen LogP contribution < -0.4 is 0 Å². The minimum absolute atomic E-state index is 0.00481. The van der Waals surface area contributed by atoms with Gasteiger partial charge in [-0.2, -0.15) is 17.5 Å². The second kappa shape index (κ2) is 8.70. The van der Waals surface area contributed by atoms with Gasteiger partial charge < -0.3 is 0 Å². The highest BCUT2D eigenvalue weighted by atomic mass is 32.2. The zero-order chi connectivity index (χ0) is 21.9. The molecule has 2 aromatic rings. The third-order valence-electron chi connectivity index (χ3n) is 4.86. The second-order valence-electron chi connectivity index (χ2n) is 7.06. The molecule has 2 aromatic carbocycles. The Morgan fingerprint density at radius 3 is 2.23 bits per heavy atom. The van der Waals surface area contributed by atoms with Crippen molar-refractivity contribution < 1.29 is 26.5 Å². The number of hydrogen-bond donors (Lipinski definition) is 0. The molecule has 1 heterocycles. The first-order valence-electron chi connectivity index (χ1n) is 9.14. The summed E-state index contributed by atoms with van der Waals surface area (Å²) in [5.41, 5.74) is -0.0416. The number of piperazine rings is 1. The molecular formula is C19H20F3N3O4S. The van der Waals surface area contributed by atoms with Crippen molar-refractivity contribution in [3.63, 3.8) is 0 Å². The van der Waals surface area contributed by atoms with Crippen molar-refractivity contribution in [3.8, 4) is 0 Å². The maximum absolute atomic E-state index is 12.8. The van der Waals surface area contributed by atoms with Crippen LogP contribution >= 0.6 is 0 Å². The van der Waals surface area contributed by atoms with Crippen molar-refractivity contribution in [2.45, 2.75) is 18.5 Å². The summed E-state index contributed by atoms with van der Waals surface area (Å²) in [4.78, 5) is 12.4. The zero-order valence-electron chi connectivity index (χ0n) is 15.9. The van der Waals surface area contributed by atoms with Gasteiger partial charge in [0.25, 0.3) is 5.69 Å². The number of hydrogen-bond acceptors (Lipinski definition) is 5. The number of benzene rings is 2. The van der Waals surface area contributed by atoms with E-state index in [-0.39, 0.29) is 24.3 Å². The summed E-state index contributed by atoms with van der Waals surface area (Å²) in [7, 11) is -3.76. The van der Waals surface area contributed by atoms with Gasteiger partial charge in [0.05, 0.1) is 16.2 Å². The number of nitrogens with zero attached hydrogens (tertiary/aromatic N) is 3. The van der Waals surface area contributed by atoms with Gasteiger partial charge in [-0.15, -0.1) is 0 Å². The third-order valence-corrected chi connectivity index (χ3v) is 6.71. The second-order valence-corrected chi connectivity index (χ2v) is 9.03. The number of nitro benzene ring substituents is 1. The quantitative estimate of drug-likeness (QED) is 0.506. The summed E-state index contributed by atoms with van der Waals surface area (Å²) < 4.78 is 65.1. The number of sulfonamides is 1. The molecule has 162 valence electrons. The molecule has 0 atom stereocenters. The molecule has 0 radical (unpaired) electrons. The van der Waals surface area contributed by atoms with Crippen LogP contribution in [0.25, 0.3) is 0 Å². The Balaban J connectivity index is 1.60. The largest absolute Gasteiger partial charge is 0.416 e. The average Bonchev–Trinajstić information content (AvgIpc) is 2.68. The Kier molecular flexibility index (Phi) is 6.44. The molecule has 1 aliphatic rings. The summed E-state index contributed by atoms with van der Waals surface area (Å²) in [5.74, 6) is -0.498. The van der Waals surface area contributed by atoms with Gasteiger partial charge in [0.15, 0.2) is 0 Å². The lowest BCUT2D eigenvalue weighted by molar-refractivity contribution is -0.384. The highest BCUT2D eigenvalue weighted by Gasteiger charge is 2.32. The van der Waals surface area contributed by atoms with Gasteiger partial charge in [0.1, 0.15) is 0 Å². The van der Waals surface area contributed by atoms with Crippen LogP contribution in [0.15, 0.2) is 48.5 Å². The van der Waals surface area contributed by atoms with E-state index < -0.39 is 32.4 Å². The SMILES string of the molecule is O=[N+]([O-])c1cccc(CN2CCN(S(=O)(=O)Cc3cccc(C(F)(F)F)c3)CC2)c1. The Morgan fingerprint density at radius 1 is 0.967 bits per heavy atom. The van der Waals surface area contributed by atoms with Crippen LogP contribution in [0.5, 0.6) is 0 Å². The molecule has 0 aromatic heterocycles. The van der Waals surface area contributed by atoms with E-state index >= 15 is 0 Å². The van der Waals surface area contributed by atoms with Crippen molar-refractivity contribution in [2.75, 3.05) is 26.2 Å². The van der Waals surface area contributed by atoms with Gasteiger partial charge in [-0.05, 0) is 17.2 Å². The molecule has 11 heteroatoms. The van der Waals surface area contributed by atoms with E-state index in [1.165, 1.54) is 28.6 Å². The van der Waals surface area contributed by atoms with Crippen LogP contribution in [0.3, 0.4) is 0 Å². The molecule has 1 saturated heterocycles. The van der Waals surface area contributed by atoms with Crippen molar-refractivity contribution >= 4 is 15.7 Å². The van der Waals surface area contributed by atoms with Crippen LogP contribution in [-0.4, -0.2) is 48.7 Å². The Bertz CT molecular complexity index is 1020. The van der Waals surface area contributed by atoms with Gasteiger partial charge in [-0.25, -0.2) is 8.42 Å². The van der Waals surface area contributed by atoms with Crippen molar-refractivity contribution in [3.05, 3.63) is 75.3 Å². The standard InChI is InChI=1S/C19H20F3N3O4S/c20-19(21,22)17-5-1-4-16(11-17)14-30(28,29)24-9-7-23(8-10-24)13-15-3-2-6-18(12-15)25(26)27/h1-6,11-12H,7-10,13-14H2. The fourth-order valence-electron chi connectivity index (χ4n) is 3.33. The van der Waals surface area contributed by atoms with E-state index in [0.29, 0.717) is 19.6 Å². The van der Waals surface area contributed by atoms with Crippen LogP contribution in [0.1, 0.15) is 16.7 Å². The minimum Gasteiger partial charge on any atom is -0.296 e. The maximum Gasteiger partial charge on any atom is 0.416 e. The third kappa shape index (κ3) is 5.55. The normalized spacial score (nSPS) is 16.5. The first-order chi connectivity index (χ1) is 14.0. The van der Waals surface area contributed by atoms with Gasteiger partial charge in [0.2, 0.25) is 10.0 Å². The molecule has 0 saturated carbocycles. The highest BCUT2D eigenvalue weighted by Crippen LogP contribution is 2.30. The fraction of sp³-hybridized carbons (Fsp3) is 0.368. The molecule has 0 unspecified atom stereocenters. The summed E-state index contributed by atoms with van der Waals surface area (Å²) in [6.07, 6.45) is -4.53. The molecule has 0 bridgehead atoms. The van der Waals surface area contributed by atoms with Crippen molar-refractivity contribution in [1.29, 1.82) is 0 Å². The Morgan fingerprint density at radius 2 is 1.60 bits per heavy atom. The average molecular weight is 443 g/mol. The predicted molar refractivity (Wildman–Crippen MR) is 104 cm³/mol. The minimum atomic E-state index is -4.53. The van der Waals surface area contributed by atoms with E-state index in [0.717, 1.165) is 17.7 Å². The molecule has 0 N–H and O–H groups in total. The molecule has 1 aliphatic heterocycles. The molecule has 0 amide bonds. The lowest BCUT2D eigenvalue weighted by Crippen LogP contribution is -2.48. The van der Waals surface area contributed by atoms with Gasteiger partial charge in [0, 0.05) is 44.9 Å². The summed E-state index contributed by atoms with van der Waals surface area (Å²) in [5, 5.41) is 10.9. The van der Waals surface area contributed by atoms with Crippen LogP contribution in [-0.2, 0) is 28.5 Å². The zero-order valence-corrected chi connectivity index (χ0v) is 16.7. The molecular weight excluding hydrogens is 423 g/mol. The molecule has 30 heavy (non-hydrogen) atoms. The highest BCUT2D eigenvalue weighted by molar-refractivity contribution is 7.88. The number of halogens is 3. The van der Waals surface area contributed by atoms with E-state index in [9.17, 15) is 31.7 Å². The Labute approximate surface area is 171 Å². The number of non-ortho nitro benzene ring substituents is 1. The lowest BCUT2D eigenvalue weighted by atomic mass is 10.1. The topological polar surface area (TPSA) is 83.8 Å². The van der Waals surface area contributed by atoms with Crippen molar-refractivity contribution in [1.82, 2.24) is 9.21 Å². The van der Waals surface area contributed by atoms with Crippen molar-refractivity contribution in [2.24, 2.45) is 0 Å². The predicted octanol–water partition coefficient (Wildman–Crippen LogP) is 3.26. The fourth-order valence-corrected chi connectivity index (χ4v) is 4.83. The lowest BCUT2D eigenvalue weighted by Gasteiger charge is -2.34. The summed E-state index contributed by atoms with van der Waals surface area (Å²) in [6.45, 7) is 1.70. The molecule has 0 aliphatic carbocycles. The van der Waals surface area contributed by atoms with Gasteiger partial charge in [-0.3, -0.25) is 15.0 Å². The number of nitro groups is 1. The van der Waals surface area contributed by atoms with Gasteiger partial charge in [-0.1, -0.05) is 30.3 Å². The van der Waals surface area contributed by atoms with E-state index in [1.54, 1.807) is 12.1 Å². The number of alkyl halides is 3. The summed E-state index contributed by atoms with van der Waals surface area (Å²) in [6, 6.07) is 10.6. The van der Waals surface area contributed by atoms with E-state index in [2.05, 4.69) is 0 Å². The van der Waals surface area contributed by atoms with Crippen LogP contribution in [0, 0.1) is 10.1 Å². The molecule has 0 spiro atoms. The van der Waals surface area contributed by atoms with E-state index in [4.69, 9.17) is 0 Å². The van der Waals surface area contributed by atoms with Gasteiger partial charge >= 0.3 is 6.18 Å². The summed E-state index contributed by atoms with van der Waals surface area (Å²) >= 11 is 0. The molecule has 7 nitrogen and oxygen atoms in total. The first kappa shape index (κ1) is 22.2. The Hall–Kier alpha value is -2.50. The molecule has 3 rings (SSSR count). The van der Waals surface area contributed by atoms with Crippen LogP contribution in [0.2, 0.25) is 0 Å². The first-order valence-corrected chi connectivity index (χ1v) is 10.8. The molecule has 1 fully saturated rings. The number of rotatable bonds is 6. The smallest absolute Gasteiger partial charge is 0.296 e.